The molecule has 0 bridgehead atoms. The first-order valence-corrected chi connectivity index (χ1v) is 21.2. The Morgan fingerprint density at radius 1 is 0.982 bits per heavy atom. The van der Waals surface area contributed by atoms with Gasteiger partial charge in [0.2, 0.25) is 5.91 Å². The third-order valence-electron chi connectivity index (χ3n) is 14.4. The molecule has 12 nitrogen and oxygen atoms in total. The number of carbonyl (C=O) groups is 2. The van der Waals surface area contributed by atoms with Crippen molar-refractivity contribution in [2.45, 2.75) is 82.0 Å². The smallest absolute Gasteiger partial charge is 0.255 e. The molecule has 11 rings (SSSR count). The summed E-state index contributed by atoms with van der Waals surface area (Å²) in [5, 5.41) is 11.6. The highest BCUT2D eigenvalue weighted by Gasteiger charge is 2.45. The van der Waals surface area contributed by atoms with E-state index in [1.165, 1.54) is 27.9 Å². The second-order valence-electron chi connectivity index (χ2n) is 18.0. The zero-order valence-corrected chi connectivity index (χ0v) is 32.8. The third-order valence-corrected chi connectivity index (χ3v) is 14.4. The van der Waals surface area contributed by atoms with E-state index in [1.54, 1.807) is 4.90 Å². The lowest BCUT2D eigenvalue weighted by Crippen LogP contribution is -2.58. The van der Waals surface area contributed by atoms with Gasteiger partial charge in [0.25, 0.3) is 5.91 Å². The Hall–Kier alpha value is -4.94. The van der Waals surface area contributed by atoms with Gasteiger partial charge >= 0.3 is 0 Å². The minimum absolute atomic E-state index is 0.0262. The number of nitrogens with one attached hydrogen (secondary N) is 2. The van der Waals surface area contributed by atoms with Crippen LogP contribution in [-0.4, -0.2) is 107 Å². The fourth-order valence-electron chi connectivity index (χ4n) is 11.4. The van der Waals surface area contributed by atoms with Crippen LogP contribution in [-0.2, 0) is 22.5 Å². The quantitative estimate of drug-likeness (QED) is 0.276. The monoisotopic (exact) mass is 768 g/mol. The molecule has 4 aromatic rings. The van der Waals surface area contributed by atoms with Gasteiger partial charge in [0.1, 0.15) is 18.4 Å². The normalized spacial score (nSPS) is 28.3. The SMILES string of the molecule is C=C1CCC(N2Cc3c(ccc4c3OC[C@H]3CN(CC5COC6(CCN(c7ccc([C@H]8C[C@H](C)Cc9c8ccc8[nH]ncc98)nc7)CC6)C5)CCN43)C2=O)C(=O)N1. The first-order valence-electron chi connectivity index (χ1n) is 21.2. The molecule has 57 heavy (non-hydrogen) atoms. The number of hydrogen-bond donors (Lipinski definition) is 2. The Balaban J connectivity index is 0.690. The van der Waals surface area contributed by atoms with E-state index in [2.05, 4.69) is 80.2 Å². The van der Waals surface area contributed by atoms with Crippen molar-refractivity contribution in [1.82, 2.24) is 30.3 Å². The standard InChI is InChI=1S/C45H52N8O4/c1-27-17-34-32(5-8-39-36(34)21-47-49-39)35(18-27)38-7-4-30(20-46-38)51-13-11-45(12-14-51)19-29(25-57-45)22-50-15-16-52-31(23-50)26-56-42-37-24-53(41-9-3-28(2)48-43(41)54)44(55)33(37)6-10-40(42)52/h4-8,10,20-21,27,29,31,35,41H,2-3,9,11-19,22-26H2,1H3,(H,47,49)(H,48,54)/t27-,29?,31-,35+,41?/m1/s1. The van der Waals surface area contributed by atoms with Crippen molar-refractivity contribution in [3.8, 4) is 5.75 Å². The molecule has 2 unspecified atom stereocenters. The number of piperidine rings is 2. The minimum Gasteiger partial charge on any atom is -0.489 e. The van der Waals surface area contributed by atoms with E-state index in [0.29, 0.717) is 49.3 Å². The maximum Gasteiger partial charge on any atom is 0.255 e. The molecule has 2 amide bonds. The molecule has 2 aromatic heterocycles. The number of rotatable bonds is 5. The summed E-state index contributed by atoms with van der Waals surface area (Å²) in [6.45, 7) is 14.0. The first-order chi connectivity index (χ1) is 27.8. The van der Waals surface area contributed by atoms with E-state index >= 15 is 0 Å². The number of ether oxygens (including phenoxy) is 2. The Kier molecular flexibility index (Phi) is 8.40. The average molecular weight is 769 g/mol. The van der Waals surface area contributed by atoms with E-state index in [0.717, 1.165) is 106 Å². The van der Waals surface area contributed by atoms with Gasteiger partial charge in [0.05, 0.1) is 54.1 Å². The van der Waals surface area contributed by atoms with Crippen LogP contribution >= 0.6 is 0 Å². The molecule has 6 aliphatic heterocycles. The lowest BCUT2D eigenvalue weighted by atomic mass is 9.75. The van der Waals surface area contributed by atoms with Crippen LogP contribution in [0.1, 0.15) is 84.1 Å². The number of fused-ring (bicyclic) bond motifs is 8. The van der Waals surface area contributed by atoms with Crippen molar-refractivity contribution in [3.63, 3.8) is 0 Å². The molecule has 12 heteroatoms. The largest absolute Gasteiger partial charge is 0.489 e. The van der Waals surface area contributed by atoms with Crippen molar-refractivity contribution in [1.29, 1.82) is 0 Å². The van der Waals surface area contributed by atoms with Gasteiger partial charge in [-0.1, -0.05) is 19.6 Å². The van der Waals surface area contributed by atoms with Gasteiger partial charge in [-0.15, -0.1) is 0 Å². The molecular weight excluding hydrogens is 717 g/mol. The van der Waals surface area contributed by atoms with Gasteiger partial charge < -0.3 is 29.5 Å². The van der Waals surface area contributed by atoms with Gasteiger partial charge in [0, 0.05) is 73.1 Å². The summed E-state index contributed by atoms with van der Waals surface area (Å²) in [4.78, 5) is 40.6. The maximum atomic E-state index is 13.4. The van der Waals surface area contributed by atoms with Crippen LogP contribution in [0.3, 0.4) is 0 Å². The molecule has 2 aromatic carbocycles. The highest BCUT2D eigenvalue weighted by Crippen LogP contribution is 2.45. The molecule has 296 valence electrons. The van der Waals surface area contributed by atoms with Crippen molar-refractivity contribution in [2.75, 3.05) is 62.3 Å². The number of pyridine rings is 1. The van der Waals surface area contributed by atoms with E-state index in [-0.39, 0.29) is 23.5 Å². The maximum absolute atomic E-state index is 13.4. The van der Waals surface area contributed by atoms with Crippen molar-refractivity contribution in [3.05, 3.63) is 89.0 Å². The van der Waals surface area contributed by atoms with Crippen molar-refractivity contribution >= 4 is 34.1 Å². The zero-order valence-electron chi connectivity index (χ0n) is 32.8. The molecule has 4 saturated heterocycles. The second-order valence-corrected chi connectivity index (χ2v) is 18.0. The summed E-state index contributed by atoms with van der Waals surface area (Å²) in [7, 11) is 0. The van der Waals surface area contributed by atoms with E-state index in [9.17, 15) is 9.59 Å². The molecule has 4 fully saturated rings. The van der Waals surface area contributed by atoms with E-state index in [4.69, 9.17) is 14.5 Å². The van der Waals surface area contributed by atoms with Gasteiger partial charge in [-0.25, -0.2) is 0 Å². The van der Waals surface area contributed by atoms with E-state index < -0.39 is 6.04 Å². The van der Waals surface area contributed by atoms with Crippen molar-refractivity contribution in [2.24, 2.45) is 11.8 Å². The van der Waals surface area contributed by atoms with Crippen LogP contribution < -0.4 is 19.9 Å². The third kappa shape index (κ3) is 6.00. The lowest BCUT2D eigenvalue weighted by molar-refractivity contribution is -0.126. The van der Waals surface area contributed by atoms with E-state index in [1.807, 2.05) is 12.3 Å². The Morgan fingerprint density at radius 3 is 2.72 bits per heavy atom. The summed E-state index contributed by atoms with van der Waals surface area (Å²) in [5.74, 6) is 2.03. The van der Waals surface area contributed by atoms with Crippen LogP contribution in [0.2, 0.25) is 0 Å². The van der Waals surface area contributed by atoms with Crippen LogP contribution in [0.5, 0.6) is 5.75 Å². The topological polar surface area (TPSA) is 119 Å². The number of benzene rings is 2. The molecule has 5 atom stereocenters. The second kappa shape index (κ2) is 13.6. The number of allylic oxidation sites excluding steroid dienone is 1. The van der Waals surface area contributed by atoms with Crippen LogP contribution in [0, 0.1) is 11.8 Å². The molecule has 1 spiro atoms. The number of anilines is 2. The van der Waals surface area contributed by atoms with Gasteiger partial charge in [-0.2, -0.15) is 5.10 Å². The predicted octanol–water partition coefficient (Wildman–Crippen LogP) is 5.38. The minimum atomic E-state index is -0.475. The molecule has 0 radical (unpaired) electrons. The average Bonchev–Trinajstić information content (AvgIpc) is 3.95. The number of nitrogens with zero attached hydrogens (tertiary/aromatic N) is 6. The zero-order chi connectivity index (χ0) is 38.4. The number of aromatic amines is 1. The van der Waals surface area contributed by atoms with Crippen molar-refractivity contribution < 1.29 is 19.1 Å². The highest BCUT2D eigenvalue weighted by molar-refractivity contribution is 6.03. The Labute approximate surface area is 333 Å². The summed E-state index contributed by atoms with van der Waals surface area (Å²) < 4.78 is 13.2. The van der Waals surface area contributed by atoms with Gasteiger partial charge in [-0.05, 0) is 98.2 Å². The number of amides is 2. The van der Waals surface area contributed by atoms with Crippen LogP contribution in [0.25, 0.3) is 10.9 Å². The molecule has 8 heterocycles. The summed E-state index contributed by atoms with van der Waals surface area (Å²) in [6, 6.07) is 12.8. The van der Waals surface area contributed by atoms with Gasteiger partial charge in [0.15, 0.2) is 0 Å². The Bertz CT molecular complexity index is 2260. The molecule has 7 aliphatic rings. The fraction of sp³-hybridized carbons (Fsp3) is 0.511. The summed E-state index contributed by atoms with van der Waals surface area (Å²) in [6.07, 6.45) is 10.8. The highest BCUT2D eigenvalue weighted by atomic mass is 16.5. The number of hydrogen-bond acceptors (Lipinski definition) is 9. The predicted molar refractivity (Wildman–Crippen MR) is 218 cm³/mol. The summed E-state index contributed by atoms with van der Waals surface area (Å²) in [5.41, 5.74) is 9.67. The van der Waals surface area contributed by atoms with Crippen LogP contribution in [0.15, 0.2) is 61.1 Å². The molecule has 0 saturated carbocycles. The van der Waals surface area contributed by atoms with Crippen LogP contribution in [0.4, 0.5) is 11.4 Å². The number of aromatic nitrogens is 3. The number of piperazine rings is 1. The Morgan fingerprint density at radius 2 is 1.88 bits per heavy atom. The summed E-state index contributed by atoms with van der Waals surface area (Å²) >= 11 is 0. The fourth-order valence-corrected chi connectivity index (χ4v) is 11.4. The number of H-pyrrole nitrogens is 1. The molecular formula is C45H52N8O4. The number of carbonyl (C=O) groups excluding carboxylic acids is 2. The molecule has 1 aliphatic carbocycles. The lowest BCUT2D eigenvalue weighted by Gasteiger charge is -2.46. The molecule has 2 N–H and O–H groups in total. The first kappa shape index (κ1) is 35.2. The van der Waals surface area contributed by atoms with Gasteiger partial charge in [-0.3, -0.25) is 24.6 Å².